The van der Waals surface area contributed by atoms with Gasteiger partial charge in [0.2, 0.25) is 0 Å². The summed E-state index contributed by atoms with van der Waals surface area (Å²) in [6, 6.07) is 14.8. The van der Waals surface area contributed by atoms with Crippen molar-refractivity contribution in [3.05, 3.63) is 71.8 Å². The Labute approximate surface area is 138 Å². The predicted octanol–water partition coefficient (Wildman–Crippen LogP) is 3.58. The van der Waals surface area contributed by atoms with E-state index in [1.165, 1.54) is 18.2 Å². The van der Waals surface area contributed by atoms with Gasteiger partial charge in [-0.05, 0) is 55.5 Å². The number of benzene rings is 2. The molecule has 0 aliphatic carbocycles. The molecule has 0 bridgehead atoms. The summed E-state index contributed by atoms with van der Waals surface area (Å²) in [5.41, 5.74) is 2.27. The number of carbonyl (C=O) groups excluding carboxylic acids is 1. The summed E-state index contributed by atoms with van der Waals surface area (Å²) in [7, 11) is 1.60. The normalized spacial score (nSPS) is 10.5. The lowest BCUT2D eigenvalue weighted by Crippen LogP contribution is -2.13. The highest BCUT2D eigenvalue weighted by Crippen LogP contribution is 2.17. The summed E-state index contributed by atoms with van der Waals surface area (Å²) in [4.78, 5) is 12.3. The largest absolute Gasteiger partial charge is 0.497 e. The van der Waals surface area contributed by atoms with E-state index in [0.29, 0.717) is 5.69 Å². The van der Waals surface area contributed by atoms with Crippen molar-refractivity contribution in [2.75, 3.05) is 12.4 Å². The number of ether oxygens (including phenoxy) is 1. The van der Waals surface area contributed by atoms with E-state index in [4.69, 9.17) is 4.74 Å². The highest BCUT2D eigenvalue weighted by molar-refractivity contribution is 6.02. The number of halogens is 1. The van der Waals surface area contributed by atoms with Gasteiger partial charge in [-0.2, -0.15) is 5.10 Å². The molecule has 0 atom stereocenters. The van der Waals surface area contributed by atoms with Crippen LogP contribution in [-0.2, 0) is 0 Å². The van der Waals surface area contributed by atoms with Gasteiger partial charge in [0.15, 0.2) is 5.69 Å². The van der Waals surface area contributed by atoms with Crippen molar-refractivity contribution in [2.45, 2.75) is 6.92 Å². The Hall–Kier alpha value is -3.15. The van der Waals surface area contributed by atoms with E-state index in [9.17, 15) is 9.18 Å². The standard InChI is InChI=1S/C18H16FN3O2/c1-12-10-17(18(23)20-14-5-3-4-13(19)11-14)21-22(12)15-6-8-16(24-2)9-7-15/h3-11H,1-2H3,(H,20,23). The minimum Gasteiger partial charge on any atom is -0.497 e. The molecule has 0 aliphatic rings. The van der Waals surface area contributed by atoms with Gasteiger partial charge in [-0.1, -0.05) is 6.07 Å². The lowest BCUT2D eigenvalue weighted by Gasteiger charge is -2.05. The molecule has 1 heterocycles. The fraction of sp³-hybridized carbons (Fsp3) is 0.111. The van der Waals surface area contributed by atoms with E-state index >= 15 is 0 Å². The van der Waals surface area contributed by atoms with Gasteiger partial charge in [-0.25, -0.2) is 9.07 Å². The van der Waals surface area contributed by atoms with Crippen molar-refractivity contribution >= 4 is 11.6 Å². The van der Waals surface area contributed by atoms with Crippen molar-refractivity contribution in [1.82, 2.24) is 9.78 Å². The second-order valence-corrected chi connectivity index (χ2v) is 5.25. The van der Waals surface area contributed by atoms with Gasteiger partial charge in [0, 0.05) is 11.4 Å². The van der Waals surface area contributed by atoms with E-state index in [-0.39, 0.29) is 5.69 Å². The number of amides is 1. The lowest BCUT2D eigenvalue weighted by molar-refractivity contribution is 0.102. The number of anilines is 1. The topological polar surface area (TPSA) is 56.2 Å². The summed E-state index contributed by atoms with van der Waals surface area (Å²) in [5, 5.41) is 6.96. The van der Waals surface area contributed by atoms with Crippen LogP contribution in [0.1, 0.15) is 16.2 Å². The monoisotopic (exact) mass is 325 g/mol. The first-order chi connectivity index (χ1) is 11.6. The Kier molecular flexibility index (Phi) is 4.29. The zero-order valence-electron chi connectivity index (χ0n) is 13.3. The van der Waals surface area contributed by atoms with Crippen LogP contribution in [0.2, 0.25) is 0 Å². The lowest BCUT2D eigenvalue weighted by atomic mass is 10.3. The molecule has 3 rings (SSSR count). The third-order valence-electron chi connectivity index (χ3n) is 3.52. The maximum absolute atomic E-state index is 13.2. The van der Waals surface area contributed by atoms with Gasteiger partial charge < -0.3 is 10.1 Å². The molecule has 3 aromatic rings. The molecule has 0 spiro atoms. The summed E-state index contributed by atoms with van der Waals surface area (Å²) in [6.07, 6.45) is 0. The molecule has 2 aromatic carbocycles. The summed E-state index contributed by atoms with van der Waals surface area (Å²) >= 11 is 0. The van der Waals surface area contributed by atoms with Crippen LogP contribution in [0.5, 0.6) is 5.75 Å². The molecule has 0 unspecified atom stereocenters. The number of aromatic nitrogens is 2. The highest BCUT2D eigenvalue weighted by atomic mass is 19.1. The quantitative estimate of drug-likeness (QED) is 0.797. The zero-order valence-corrected chi connectivity index (χ0v) is 13.3. The van der Waals surface area contributed by atoms with Crippen LogP contribution >= 0.6 is 0 Å². The van der Waals surface area contributed by atoms with Crippen molar-refractivity contribution in [1.29, 1.82) is 0 Å². The number of hydrogen-bond donors (Lipinski definition) is 1. The first-order valence-electron chi connectivity index (χ1n) is 7.35. The molecule has 0 radical (unpaired) electrons. The second-order valence-electron chi connectivity index (χ2n) is 5.25. The van der Waals surface area contributed by atoms with Gasteiger partial charge in [0.25, 0.3) is 5.91 Å². The Morgan fingerprint density at radius 1 is 1.17 bits per heavy atom. The molecule has 24 heavy (non-hydrogen) atoms. The van der Waals surface area contributed by atoms with Gasteiger partial charge in [-0.15, -0.1) is 0 Å². The number of aryl methyl sites for hydroxylation is 1. The molecule has 6 heteroatoms. The van der Waals surface area contributed by atoms with Gasteiger partial charge in [-0.3, -0.25) is 4.79 Å². The van der Waals surface area contributed by atoms with E-state index in [0.717, 1.165) is 17.1 Å². The predicted molar refractivity (Wildman–Crippen MR) is 89.2 cm³/mol. The molecule has 1 aromatic heterocycles. The third-order valence-corrected chi connectivity index (χ3v) is 3.52. The molecule has 0 saturated carbocycles. The highest BCUT2D eigenvalue weighted by Gasteiger charge is 2.14. The maximum atomic E-state index is 13.2. The Balaban J connectivity index is 1.83. The van der Waals surface area contributed by atoms with E-state index < -0.39 is 11.7 Å². The van der Waals surface area contributed by atoms with Crippen LogP contribution < -0.4 is 10.1 Å². The summed E-state index contributed by atoms with van der Waals surface area (Å²) < 4.78 is 20.0. The first kappa shape index (κ1) is 15.7. The Bertz CT molecular complexity index is 872. The number of carbonyl (C=O) groups is 1. The minimum atomic E-state index is -0.409. The number of nitrogens with zero attached hydrogens (tertiary/aromatic N) is 2. The number of hydrogen-bond acceptors (Lipinski definition) is 3. The van der Waals surface area contributed by atoms with E-state index in [2.05, 4.69) is 10.4 Å². The van der Waals surface area contributed by atoms with Crippen LogP contribution in [0.4, 0.5) is 10.1 Å². The molecule has 0 aliphatic heterocycles. The fourth-order valence-electron chi connectivity index (χ4n) is 2.33. The summed E-state index contributed by atoms with van der Waals surface area (Å²) in [6.45, 7) is 1.86. The van der Waals surface area contributed by atoms with Gasteiger partial charge in [0.1, 0.15) is 11.6 Å². The molecule has 5 nitrogen and oxygen atoms in total. The smallest absolute Gasteiger partial charge is 0.276 e. The van der Waals surface area contributed by atoms with E-state index in [1.807, 2.05) is 31.2 Å². The van der Waals surface area contributed by atoms with Crippen molar-refractivity contribution < 1.29 is 13.9 Å². The van der Waals surface area contributed by atoms with Crippen molar-refractivity contribution in [3.8, 4) is 11.4 Å². The average Bonchev–Trinajstić information content (AvgIpc) is 2.97. The summed E-state index contributed by atoms with van der Waals surface area (Å²) in [5.74, 6) is -0.0589. The average molecular weight is 325 g/mol. The zero-order chi connectivity index (χ0) is 17.1. The molecule has 1 amide bonds. The fourth-order valence-corrected chi connectivity index (χ4v) is 2.33. The van der Waals surface area contributed by atoms with Crippen molar-refractivity contribution in [3.63, 3.8) is 0 Å². The maximum Gasteiger partial charge on any atom is 0.276 e. The van der Waals surface area contributed by atoms with Gasteiger partial charge in [0.05, 0.1) is 12.8 Å². The minimum absolute atomic E-state index is 0.257. The van der Waals surface area contributed by atoms with Crippen molar-refractivity contribution in [2.24, 2.45) is 0 Å². The van der Waals surface area contributed by atoms with Crippen LogP contribution in [0.15, 0.2) is 54.6 Å². The Morgan fingerprint density at radius 3 is 2.58 bits per heavy atom. The number of nitrogens with one attached hydrogen (secondary N) is 1. The molecule has 0 fully saturated rings. The molecular weight excluding hydrogens is 309 g/mol. The SMILES string of the molecule is COc1ccc(-n2nc(C(=O)Nc3cccc(F)c3)cc2C)cc1. The first-order valence-corrected chi connectivity index (χ1v) is 7.35. The molecule has 122 valence electrons. The molecule has 1 N–H and O–H groups in total. The Morgan fingerprint density at radius 2 is 1.92 bits per heavy atom. The van der Waals surface area contributed by atoms with E-state index in [1.54, 1.807) is 23.9 Å². The number of rotatable bonds is 4. The van der Waals surface area contributed by atoms with Gasteiger partial charge >= 0.3 is 0 Å². The number of methoxy groups -OCH3 is 1. The van der Waals surface area contributed by atoms with Crippen LogP contribution in [0.3, 0.4) is 0 Å². The van der Waals surface area contributed by atoms with Crippen LogP contribution in [-0.4, -0.2) is 22.8 Å². The van der Waals surface area contributed by atoms with Crippen LogP contribution in [0.25, 0.3) is 5.69 Å². The molecule has 0 saturated heterocycles. The third kappa shape index (κ3) is 3.27. The van der Waals surface area contributed by atoms with Crippen LogP contribution in [0, 0.1) is 12.7 Å². The molecular formula is C18H16FN3O2. The second kappa shape index (κ2) is 6.54.